The van der Waals surface area contributed by atoms with Crippen LogP contribution in [0, 0.1) is 38.0 Å². The zero-order valence-electron chi connectivity index (χ0n) is 18.4. The highest BCUT2D eigenvalue weighted by Crippen LogP contribution is 2.23. The first-order chi connectivity index (χ1) is 14.1. The second-order valence-corrected chi connectivity index (χ2v) is 7.85. The standard InChI is InChI=1S/C24H29N3O3/c1-15(2)14-26-23(28)19(6)30-24(29)21(13-25)12-20-11-17(4)27(18(20)5)22-9-7-16(3)8-10-22/h7-12,15,19H,14H2,1-6H3,(H,26,28)/b21-12+/t19-/m1/s1. The zero-order valence-corrected chi connectivity index (χ0v) is 18.4. The van der Waals surface area contributed by atoms with Gasteiger partial charge in [0.15, 0.2) is 6.10 Å². The molecule has 1 heterocycles. The molecule has 6 heteroatoms. The lowest BCUT2D eigenvalue weighted by Crippen LogP contribution is -2.37. The lowest BCUT2D eigenvalue weighted by atomic mass is 10.1. The minimum Gasteiger partial charge on any atom is -0.448 e. The third-order valence-corrected chi connectivity index (χ3v) is 4.74. The van der Waals surface area contributed by atoms with Crippen LogP contribution in [-0.2, 0) is 14.3 Å². The summed E-state index contributed by atoms with van der Waals surface area (Å²) in [6, 6.07) is 11.9. The van der Waals surface area contributed by atoms with Crippen molar-refractivity contribution >= 4 is 18.0 Å². The molecule has 1 amide bonds. The van der Waals surface area contributed by atoms with E-state index in [1.54, 1.807) is 0 Å². The normalized spacial score (nSPS) is 12.4. The van der Waals surface area contributed by atoms with Crippen molar-refractivity contribution in [3.05, 3.63) is 58.4 Å². The minimum absolute atomic E-state index is 0.150. The number of amides is 1. The molecule has 30 heavy (non-hydrogen) atoms. The molecule has 2 aromatic rings. The van der Waals surface area contributed by atoms with E-state index in [1.165, 1.54) is 18.6 Å². The average molecular weight is 408 g/mol. The number of carbonyl (C=O) groups excluding carboxylic acids is 2. The lowest BCUT2D eigenvalue weighted by molar-refractivity contribution is -0.150. The lowest BCUT2D eigenvalue weighted by Gasteiger charge is -2.14. The maximum Gasteiger partial charge on any atom is 0.349 e. The number of hydrogen-bond donors (Lipinski definition) is 1. The molecular weight excluding hydrogens is 378 g/mol. The third kappa shape index (κ3) is 5.60. The first-order valence-electron chi connectivity index (χ1n) is 10.0. The third-order valence-electron chi connectivity index (χ3n) is 4.74. The summed E-state index contributed by atoms with van der Waals surface area (Å²) in [6.07, 6.45) is 0.529. The van der Waals surface area contributed by atoms with Crippen LogP contribution in [0.5, 0.6) is 0 Å². The van der Waals surface area contributed by atoms with Crippen molar-refractivity contribution < 1.29 is 14.3 Å². The number of ether oxygens (including phenoxy) is 1. The second-order valence-electron chi connectivity index (χ2n) is 7.85. The number of nitrogens with zero attached hydrogens (tertiary/aromatic N) is 2. The Labute approximate surface area is 178 Å². The van der Waals surface area contributed by atoms with Crippen molar-refractivity contribution in [2.75, 3.05) is 6.54 Å². The van der Waals surface area contributed by atoms with Crippen LogP contribution in [0.2, 0.25) is 0 Å². The molecule has 1 atom stereocenters. The van der Waals surface area contributed by atoms with Gasteiger partial charge in [-0.3, -0.25) is 4.79 Å². The first kappa shape index (κ1) is 23.0. The van der Waals surface area contributed by atoms with Crippen molar-refractivity contribution in [3.63, 3.8) is 0 Å². The van der Waals surface area contributed by atoms with Crippen LogP contribution < -0.4 is 5.32 Å². The second kappa shape index (κ2) is 9.93. The highest BCUT2D eigenvalue weighted by atomic mass is 16.5. The van der Waals surface area contributed by atoms with Crippen LogP contribution in [0.1, 0.15) is 43.3 Å². The van der Waals surface area contributed by atoms with Crippen LogP contribution in [0.3, 0.4) is 0 Å². The van der Waals surface area contributed by atoms with E-state index in [0.717, 1.165) is 22.6 Å². The molecule has 1 N–H and O–H groups in total. The molecule has 0 saturated carbocycles. The topological polar surface area (TPSA) is 84.1 Å². The fourth-order valence-electron chi connectivity index (χ4n) is 3.04. The van der Waals surface area contributed by atoms with Gasteiger partial charge in [0.1, 0.15) is 11.6 Å². The number of hydrogen-bond acceptors (Lipinski definition) is 4. The van der Waals surface area contributed by atoms with E-state index in [-0.39, 0.29) is 17.4 Å². The van der Waals surface area contributed by atoms with Gasteiger partial charge in [-0.1, -0.05) is 31.5 Å². The zero-order chi connectivity index (χ0) is 22.4. The van der Waals surface area contributed by atoms with Gasteiger partial charge in [0, 0.05) is 23.6 Å². The molecule has 0 aliphatic heterocycles. The summed E-state index contributed by atoms with van der Waals surface area (Å²) in [5.74, 6) is -0.910. The molecule has 6 nitrogen and oxygen atoms in total. The molecule has 2 rings (SSSR count). The summed E-state index contributed by atoms with van der Waals surface area (Å²) in [6.45, 7) is 11.9. The van der Waals surface area contributed by atoms with Crippen LogP contribution in [-0.4, -0.2) is 29.1 Å². The number of aromatic nitrogens is 1. The molecule has 0 spiro atoms. The van der Waals surface area contributed by atoms with Gasteiger partial charge < -0.3 is 14.6 Å². The Hall–Kier alpha value is -3.33. The van der Waals surface area contributed by atoms with Crippen molar-refractivity contribution in [3.8, 4) is 11.8 Å². The number of nitriles is 1. The fraction of sp³-hybridized carbons (Fsp3) is 0.375. The Morgan fingerprint density at radius 3 is 2.37 bits per heavy atom. The van der Waals surface area contributed by atoms with Crippen molar-refractivity contribution in [1.29, 1.82) is 5.26 Å². The summed E-state index contributed by atoms with van der Waals surface area (Å²) < 4.78 is 7.26. The van der Waals surface area contributed by atoms with Gasteiger partial charge in [0.05, 0.1) is 0 Å². The quantitative estimate of drug-likeness (QED) is 0.427. The van der Waals surface area contributed by atoms with Gasteiger partial charge in [0.2, 0.25) is 0 Å². The predicted molar refractivity (Wildman–Crippen MR) is 117 cm³/mol. The molecule has 0 unspecified atom stereocenters. The van der Waals surface area contributed by atoms with Crippen LogP contribution in [0.25, 0.3) is 11.8 Å². The molecular formula is C24H29N3O3. The van der Waals surface area contributed by atoms with Crippen LogP contribution in [0.15, 0.2) is 35.9 Å². The molecule has 0 aliphatic carbocycles. The minimum atomic E-state index is -0.979. The number of rotatable bonds is 7. The van der Waals surface area contributed by atoms with Crippen LogP contribution >= 0.6 is 0 Å². The molecule has 1 aromatic heterocycles. The molecule has 0 fully saturated rings. The highest BCUT2D eigenvalue weighted by Gasteiger charge is 2.21. The van der Waals surface area contributed by atoms with E-state index in [2.05, 4.69) is 9.88 Å². The molecule has 0 saturated heterocycles. The Morgan fingerprint density at radius 2 is 1.80 bits per heavy atom. The van der Waals surface area contributed by atoms with Crippen molar-refractivity contribution in [1.82, 2.24) is 9.88 Å². The fourth-order valence-corrected chi connectivity index (χ4v) is 3.04. The predicted octanol–water partition coefficient (Wildman–Crippen LogP) is 4.01. The van der Waals surface area contributed by atoms with E-state index in [1.807, 2.05) is 71.0 Å². The monoisotopic (exact) mass is 407 g/mol. The molecule has 158 valence electrons. The van der Waals surface area contributed by atoms with E-state index < -0.39 is 12.1 Å². The van der Waals surface area contributed by atoms with Crippen LogP contribution in [0.4, 0.5) is 0 Å². The summed E-state index contributed by atoms with van der Waals surface area (Å²) >= 11 is 0. The summed E-state index contributed by atoms with van der Waals surface area (Å²) in [7, 11) is 0. The van der Waals surface area contributed by atoms with Gasteiger partial charge in [-0.2, -0.15) is 5.26 Å². The van der Waals surface area contributed by atoms with Gasteiger partial charge in [-0.05, 0) is 63.5 Å². The Bertz CT molecular complexity index is 992. The Kier molecular flexibility index (Phi) is 7.60. The van der Waals surface area contributed by atoms with Gasteiger partial charge in [-0.25, -0.2) is 4.79 Å². The average Bonchev–Trinajstić information content (AvgIpc) is 2.97. The van der Waals surface area contributed by atoms with E-state index in [9.17, 15) is 14.9 Å². The number of aryl methyl sites for hydroxylation is 2. The van der Waals surface area contributed by atoms with E-state index in [4.69, 9.17) is 4.74 Å². The van der Waals surface area contributed by atoms with Gasteiger partial charge in [-0.15, -0.1) is 0 Å². The number of carbonyl (C=O) groups is 2. The Balaban J connectivity index is 2.23. The number of esters is 1. The van der Waals surface area contributed by atoms with Crippen molar-refractivity contribution in [2.45, 2.75) is 47.6 Å². The molecule has 0 aliphatic rings. The largest absolute Gasteiger partial charge is 0.448 e. The maximum atomic E-state index is 12.4. The highest BCUT2D eigenvalue weighted by molar-refractivity contribution is 5.99. The molecule has 1 aromatic carbocycles. The molecule has 0 radical (unpaired) electrons. The first-order valence-corrected chi connectivity index (χ1v) is 10.0. The summed E-state index contributed by atoms with van der Waals surface area (Å²) in [4.78, 5) is 24.5. The summed E-state index contributed by atoms with van der Waals surface area (Å²) in [5.41, 5.74) is 4.66. The smallest absolute Gasteiger partial charge is 0.349 e. The number of nitrogens with one attached hydrogen (secondary N) is 1. The number of benzene rings is 1. The maximum absolute atomic E-state index is 12.4. The van der Waals surface area contributed by atoms with Gasteiger partial charge >= 0.3 is 5.97 Å². The van der Waals surface area contributed by atoms with Crippen molar-refractivity contribution in [2.24, 2.45) is 5.92 Å². The SMILES string of the molecule is Cc1ccc(-n2c(C)cc(/C=C(\C#N)C(=O)O[C@H](C)C(=O)NCC(C)C)c2C)cc1. The van der Waals surface area contributed by atoms with Gasteiger partial charge in [0.25, 0.3) is 5.91 Å². The summed E-state index contributed by atoms with van der Waals surface area (Å²) in [5, 5.41) is 12.2. The van der Waals surface area contributed by atoms with E-state index in [0.29, 0.717) is 6.54 Å². The Morgan fingerprint density at radius 1 is 1.17 bits per heavy atom. The molecule has 0 bridgehead atoms. The van der Waals surface area contributed by atoms with E-state index >= 15 is 0 Å².